The SMILES string of the molecule is CC1CN(CC(=O)N2CC(C)(C)c3nnc(Cc4ccc(F)cc4F)cc32)C(CN2Cc3cc(F)ccc3C2=O)CN1. The second-order valence-corrected chi connectivity index (χ2v) is 12.2. The Labute approximate surface area is 242 Å². The number of hydrogen-bond donors (Lipinski definition) is 1. The van der Waals surface area contributed by atoms with Crippen LogP contribution in [0.4, 0.5) is 18.9 Å². The van der Waals surface area contributed by atoms with Crippen LogP contribution in [0.1, 0.15) is 53.6 Å². The molecule has 6 rings (SSSR count). The highest BCUT2D eigenvalue weighted by atomic mass is 19.1. The Hall–Kier alpha value is -3.83. The van der Waals surface area contributed by atoms with Crippen molar-refractivity contribution in [3.63, 3.8) is 0 Å². The van der Waals surface area contributed by atoms with Crippen molar-refractivity contribution < 1.29 is 22.8 Å². The van der Waals surface area contributed by atoms with Gasteiger partial charge in [-0.3, -0.25) is 14.5 Å². The summed E-state index contributed by atoms with van der Waals surface area (Å²) in [6, 6.07) is 9.48. The molecule has 0 bridgehead atoms. The normalized spacial score (nSPS) is 21.5. The number of aromatic nitrogens is 2. The van der Waals surface area contributed by atoms with Crippen LogP contribution < -0.4 is 10.2 Å². The van der Waals surface area contributed by atoms with Gasteiger partial charge in [-0.2, -0.15) is 10.2 Å². The van der Waals surface area contributed by atoms with Crippen molar-refractivity contribution in [1.29, 1.82) is 0 Å². The molecule has 0 spiro atoms. The Balaban J connectivity index is 1.20. The van der Waals surface area contributed by atoms with Crippen LogP contribution in [0.25, 0.3) is 0 Å². The fourth-order valence-corrected chi connectivity index (χ4v) is 6.25. The number of anilines is 1. The maximum Gasteiger partial charge on any atom is 0.254 e. The standard InChI is InChI=1S/C31H33F3N6O2/c1-18-13-38(24(12-35-18)15-39-14-20-8-21(32)6-7-25(20)30(39)42)16-28(41)40-17-31(2,3)29-27(40)11-23(36-37-29)9-19-4-5-22(33)10-26(19)34/h4-8,10-11,18,24,35H,9,12-17H2,1-3H3. The maximum atomic E-state index is 14.3. The predicted octanol–water partition coefficient (Wildman–Crippen LogP) is 3.43. The van der Waals surface area contributed by atoms with Crippen molar-refractivity contribution in [1.82, 2.24) is 25.3 Å². The van der Waals surface area contributed by atoms with Gasteiger partial charge in [-0.15, -0.1) is 0 Å². The first kappa shape index (κ1) is 28.3. The van der Waals surface area contributed by atoms with E-state index in [1.807, 2.05) is 13.8 Å². The first-order chi connectivity index (χ1) is 20.0. The van der Waals surface area contributed by atoms with Crippen molar-refractivity contribution in [3.05, 3.63) is 88.0 Å². The largest absolute Gasteiger partial charge is 0.333 e. The monoisotopic (exact) mass is 578 g/mol. The molecule has 1 N–H and O–H groups in total. The summed E-state index contributed by atoms with van der Waals surface area (Å²) in [6.45, 7) is 8.58. The van der Waals surface area contributed by atoms with E-state index in [2.05, 4.69) is 27.3 Å². The number of hydrogen-bond acceptors (Lipinski definition) is 6. The molecule has 11 heteroatoms. The molecule has 3 aromatic rings. The van der Waals surface area contributed by atoms with Gasteiger partial charge in [0, 0.05) is 68.3 Å². The lowest BCUT2D eigenvalue weighted by molar-refractivity contribution is -0.120. The first-order valence-corrected chi connectivity index (χ1v) is 14.1. The van der Waals surface area contributed by atoms with Crippen LogP contribution in [-0.2, 0) is 23.2 Å². The fraction of sp³-hybridized carbons (Fsp3) is 0.419. The Bertz CT molecular complexity index is 1560. The molecule has 0 aliphatic carbocycles. The van der Waals surface area contributed by atoms with Crippen molar-refractivity contribution in [3.8, 4) is 0 Å². The molecular weight excluding hydrogens is 545 g/mol. The summed E-state index contributed by atoms with van der Waals surface area (Å²) in [6.07, 6.45) is 0.113. The summed E-state index contributed by atoms with van der Waals surface area (Å²) in [4.78, 5) is 32.5. The lowest BCUT2D eigenvalue weighted by atomic mass is 9.91. The third kappa shape index (κ3) is 5.38. The van der Waals surface area contributed by atoms with E-state index in [-0.39, 0.29) is 42.7 Å². The number of halogens is 3. The average molecular weight is 579 g/mol. The van der Waals surface area contributed by atoms with E-state index in [0.717, 1.165) is 6.07 Å². The molecule has 8 nitrogen and oxygen atoms in total. The number of amides is 2. The molecule has 0 radical (unpaired) electrons. The van der Waals surface area contributed by atoms with E-state index in [1.165, 1.54) is 30.3 Å². The highest BCUT2D eigenvalue weighted by Crippen LogP contribution is 2.39. The molecule has 2 amide bonds. The zero-order valence-corrected chi connectivity index (χ0v) is 23.8. The number of benzene rings is 2. The van der Waals surface area contributed by atoms with E-state index in [1.54, 1.807) is 15.9 Å². The van der Waals surface area contributed by atoms with E-state index in [9.17, 15) is 22.8 Å². The van der Waals surface area contributed by atoms with E-state index >= 15 is 0 Å². The van der Waals surface area contributed by atoms with Crippen LogP contribution in [0.3, 0.4) is 0 Å². The number of nitrogens with zero attached hydrogens (tertiary/aromatic N) is 5. The number of fused-ring (bicyclic) bond motifs is 2. The second-order valence-electron chi connectivity index (χ2n) is 12.2. The van der Waals surface area contributed by atoms with Gasteiger partial charge >= 0.3 is 0 Å². The van der Waals surface area contributed by atoms with Gasteiger partial charge in [-0.1, -0.05) is 19.9 Å². The van der Waals surface area contributed by atoms with Crippen molar-refractivity contribution >= 4 is 17.5 Å². The van der Waals surface area contributed by atoms with E-state index < -0.39 is 17.0 Å². The third-order valence-electron chi connectivity index (χ3n) is 8.44. The van der Waals surface area contributed by atoms with Gasteiger partial charge in [-0.25, -0.2) is 13.2 Å². The Morgan fingerprint density at radius 2 is 1.83 bits per heavy atom. The molecule has 2 aromatic carbocycles. The van der Waals surface area contributed by atoms with Crippen LogP contribution in [0.5, 0.6) is 0 Å². The van der Waals surface area contributed by atoms with Gasteiger partial charge in [-0.05, 0) is 48.4 Å². The number of nitrogens with one attached hydrogen (secondary N) is 1. The average Bonchev–Trinajstić information content (AvgIpc) is 3.38. The van der Waals surface area contributed by atoms with Crippen LogP contribution in [0, 0.1) is 17.5 Å². The lowest BCUT2D eigenvalue weighted by Gasteiger charge is -2.41. The smallest absolute Gasteiger partial charge is 0.254 e. The van der Waals surface area contributed by atoms with E-state index in [0.29, 0.717) is 66.5 Å². The third-order valence-corrected chi connectivity index (χ3v) is 8.44. The number of piperazine rings is 1. The molecule has 1 fully saturated rings. The molecule has 2 unspecified atom stereocenters. The minimum Gasteiger partial charge on any atom is -0.333 e. The van der Waals surface area contributed by atoms with Crippen LogP contribution >= 0.6 is 0 Å². The van der Waals surface area contributed by atoms with Gasteiger partial charge in [0.1, 0.15) is 17.5 Å². The highest BCUT2D eigenvalue weighted by Gasteiger charge is 2.42. The van der Waals surface area contributed by atoms with Gasteiger partial charge < -0.3 is 15.1 Å². The van der Waals surface area contributed by atoms with Crippen LogP contribution in [0.15, 0.2) is 42.5 Å². The summed E-state index contributed by atoms with van der Waals surface area (Å²) < 4.78 is 41.5. The minimum atomic E-state index is -0.658. The second kappa shape index (κ2) is 10.8. The predicted molar refractivity (Wildman–Crippen MR) is 151 cm³/mol. The molecule has 4 heterocycles. The van der Waals surface area contributed by atoms with Gasteiger partial charge in [0.05, 0.1) is 23.6 Å². The van der Waals surface area contributed by atoms with Crippen molar-refractivity contribution in [2.24, 2.45) is 0 Å². The summed E-state index contributed by atoms with van der Waals surface area (Å²) in [7, 11) is 0. The van der Waals surface area contributed by atoms with Crippen LogP contribution in [0.2, 0.25) is 0 Å². The molecule has 1 saturated heterocycles. The summed E-state index contributed by atoms with van der Waals surface area (Å²) in [5, 5.41) is 12.2. The summed E-state index contributed by atoms with van der Waals surface area (Å²) in [5.41, 5.74) is 2.86. The molecule has 3 aliphatic heterocycles. The van der Waals surface area contributed by atoms with Crippen LogP contribution in [-0.4, -0.2) is 76.6 Å². The number of rotatable bonds is 6. The van der Waals surface area contributed by atoms with Gasteiger partial charge in [0.2, 0.25) is 5.91 Å². The van der Waals surface area contributed by atoms with Crippen molar-refractivity contribution in [2.75, 3.05) is 37.6 Å². The Morgan fingerprint density at radius 3 is 2.62 bits per heavy atom. The summed E-state index contributed by atoms with van der Waals surface area (Å²) >= 11 is 0. The topological polar surface area (TPSA) is 81.7 Å². The fourth-order valence-electron chi connectivity index (χ4n) is 6.25. The van der Waals surface area contributed by atoms with Gasteiger partial charge in [0.15, 0.2) is 0 Å². The zero-order chi connectivity index (χ0) is 29.8. The molecule has 3 aliphatic rings. The van der Waals surface area contributed by atoms with Gasteiger partial charge in [0.25, 0.3) is 5.91 Å². The quantitative estimate of drug-likeness (QED) is 0.483. The summed E-state index contributed by atoms with van der Waals surface area (Å²) in [5.74, 6) is -1.91. The molecule has 220 valence electrons. The Morgan fingerprint density at radius 1 is 1.07 bits per heavy atom. The molecular formula is C31H33F3N6O2. The number of carbonyl (C=O) groups excluding carboxylic acids is 2. The molecule has 1 aromatic heterocycles. The highest BCUT2D eigenvalue weighted by molar-refractivity contribution is 5.98. The minimum absolute atomic E-state index is 0.106. The first-order valence-electron chi connectivity index (χ1n) is 14.1. The van der Waals surface area contributed by atoms with E-state index in [4.69, 9.17) is 0 Å². The maximum absolute atomic E-state index is 14.3. The zero-order valence-electron chi connectivity index (χ0n) is 23.8. The lowest BCUT2D eigenvalue weighted by Crippen LogP contribution is -2.60. The molecule has 2 atom stereocenters. The van der Waals surface area contributed by atoms with Crippen molar-refractivity contribution in [2.45, 2.75) is 51.2 Å². The number of carbonyl (C=O) groups is 2. The molecule has 0 saturated carbocycles. The molecule has 42 heavy (non-hydrogen) atoms. The Kier molecular flexibility index (Phi) is 7.26.